The van der Waals surface area contributed by atoms with E-state index in [9.17, 15) is 87.2 Å². The number of carbonyl (C=O) groups is 20. The average Bonchev–Trinajstić information content (AvgIpc) is 1.77. The summed E-state index contributed by atoms with van der Waals surface area (Å²) in [6.07, 6.45) is 2.81. The molecule has 17 atom stereocenters. The number of fused-ring (bicyclic) bond motifs is 1. The smallest absolute Gasteiger partial charge is 0.303 e. The van der Waals surface area contributed by atoms with Crippen LogP contribution in [0, 0.1) is 11.8 Å². The summed E-state index contributed by atoms with van der Waals surface area (Å²) in [6, 6.07) is 4.00. The highest BCUT2D eigenvalue weighted by molar-refractivity contribution is 6.42. The second-order valence-corrected chi connectivity index (χ2v) is 40.8. The maximum Gasteiger partial charge on any atom is 0.303 e. The number of allylic oxidation sites excluding steroid dienone is 2. The van der Waals surface area contributed by atoms with E-state index in [0.29, 0.717) is 66.1 Å². The van der Waals surface area contributed by atoms with Crippen molar-refractivity contribution in [1.82, 2.24) is 96.0 Å². The summed E-state index contributed by atoms with van der Waals surface area (Å²) in [5.41, 5.74) is 25.5. The Labute approximate surface area is 872 Å². The number of aliphatic carboxylic acids is 1. The second kappa shape index (κ2) is 64.0. The number of hydrogen-bond acceptors (Lipinski definition) is 35. The van der Waals surface area contributed by atoms with E-state index in [1.54, 1.807) is 102 Å². The third-order valence-corrected chi connectivity index (χ3v) is 26.5. The number of nitrogens with two attached hydrogens (primary N) is 2. The number of Topliss-reactive ketones (excluding diaryl/α,β-unsaturated/α-hetero) is 13. The number of phenols is 1. The number of aromatic amines is 1. The van der Waals surface area contributed by atoms with E-state index in [4.69, 9.17) is 11.5 Å². The molecule has 0 aliphatic carbocycles. The van der Waals surface area contributed by atoms with Crippen molar-refractivity contribution in [3.8, 4) is 5.75 Å². The zero-order valence-corrected chi connectivity index (χ0v) is 89.0. The first-order chi connectivity index (χ1) is 70.1. The highest BCUT2D eigenvalue weighted by Crippen LogP contribution is 2.25. The molecule has 149 heavy (non-hydrogen) atoms. The van der Waals surface area contributed by atoms with Gasteiger partial charge < -0.3 is 74.3 Å². The van der Waals surface area contributed by atoms with Crippen LogP contribution in [-0.4, -0.2) is 284 Å². The van der Waals surface area contributed by atoms with Crippen LogP contribution in [0.4, 0.5) is 0 Å². The highest BCUT2D eigenvalue weighted by atomic mass is 16.4. The average molecular weight is 2080 g/mol. The number of rotatable bonds is 53. The molecule has 0 saturated carbocycles. The zero-order valence-electron chi connectivity index (χ0n) is 89.0. The highest BCUT2D eigenvalue weighted by Gasteiger charge is 2.44. The maximum absolute atomic E-state index is 15.6. The Kier molecular flexibility index (Phi) is 54.8. The van der Waals surface area contributed by atoms with Crippen molar-refractivity contribution >= 4 is 127 Å². The summed E-state index contributed by atoms with van der Waals surface area (Å²) in [7, 11) is 0. The van der Waals surface area contributed by atoms with Crippen molar-refractivity contribution in [3.63, 3.8) is 0 Å². The lowest BCUT2D eigenvalue weighted by Crippen LogP contribution is -2.66. The van der Waals surface area contributed by atoms with Crippen LogP contribution in [0.15, 0.2) is 97.2 Å². The van der Waals surface area contributed by atoms with Crippen molar-refractivity contribution in [3.05, 3.63) is 114 Å². The van der Waals surface area contributed by atoms with Gasteiger partial charge >= 0.3 is 5.97 Å². The van der Waals surface area contributed by atoms with Crippen molar-refractivity contribution in [2.24, 2.45) is 23.3 Å². The molecule has 0 fully saturated rings. The molecule has 25 N–H and O–H groups in total. The van der Waals surface area contributed by atoms with Crippen LogP contribution in [-0.2, 0) is 115 Å². The fraction of sp³-hybridized carbons (Fsp3) is 0.604. The van der Waals surface area contributed by atoms with Gasteiger partial charge in [-0.1, -0.05) is 120 Å². The number of primary amides is 2. The van der Waals surface area contributed by atoms with Crippen LogP contribution in [0.1, 0.15) is 249 Å². The number of carboxylic acid groups (broad SMARTS) is 1. The lowest BCUT2D eigenvalue weighted by molar-refractivity contribution is -0.143. The molecule has 0 saturated heterocycles. The molecular weight excluding hydrogens is 1920 g/mol. The number of aliphatic hydroxyl groups excluding tert-OH is 1. The fourth-order valence-corrected chi connectivity index (χ4v) is 16.4. The lowest BCUT2D eigenvalue weighted by atomic mass is 9.88. The number of para-hydroxylation sites is 1. The predicted molar refractivity (Wildman–Crippen MR) is 559 cm³/mol. The molecule has 43 nitrogen and oxygen atoms in total. The molecule has 0 radical (unpaired) electrons. The van der Waals surface area contributed by atoms with Crippen LogP contribution in [0.25, 0.3) is 10.9 Å². The standard InChI is InChI=1S/C106H162N20O23/c1-61(2)49-82(117-70(12)128)101(147)119-95(69(11)127)99(145)98(144)81(51-71-31-25-24-26-32-71)125-126-106(16)46-30-23-21-19-17-18-20-22-29-45-105(15,92(138)59-112-67(9)89(135)58-116-104(13,14)91(137)55-87(133)65(7)110-48-43-84(130)63(5)109-47-44-85(131)64(6)114-60-115-68(10)100(108)146)120-102(148)83(50-62(3)4)124-121-77(39-41-93(107)139)90(136)57-111-66(8)86(132)54-88(134)79(53-73-56-113-76-34-28-27-33-75(73)76)122-123-80(52-72-35-37-74(129)38-36-72)97(143)96(142)78(118-103(106)149)40-42-94(140)141/h18,20,24-28,31-38,56,61-69,77-83,95,109-116,121-127,129H,17,19,21-23,29-30,39-55,57-60H2,1-16H3,(H2,107,139)(H2,108,146)(H,117,128)(H,118,149)(H,119,147)(H,120,148)(H,140,141)/t63-,64-,65-,66-,67-,68+,69+,77-,78-,79-,80-,81-,82-,83-,95-,105-,106+/m0/s1. The summed E-state index contributed by atoms with van der Waals surface area (Å²) in [6.45, 7) is 24.1. The minimum atomic E-state index is -1.96. The van der Waals surface area contributed by atoms with Gasteiger partial charge in [0.25, 0.3) is 0 Å². The summed E-state index contributed by atoms with van der Waals surface area (Å²) in [5, 5.41) is 63.8. The summed E-state index contributed by atoms with van der Waals surface area (Å²) >= 11 is 0. The predicted octanol–water partition coefficient (Wildman–Crippen LogP) is 1.46. The van der Waals surface area contributed by atoms with Crippen LogP contribution >= 0.6 is 0 Å². The van der Waals surface area contributed by atoms with Gasteiger partial charge in [-0.25, -0.2) is 32.6 Å². The van der Waals surface area contributed by atoms with Gasteiger partial charge in [-0.05, 0) is 206 Å². The van der Waals surface area contributed by atoms with E-state index in [2.05, 4.69) is 96.0 Å². The van der Waals surface area contributed by atoms with Gasteiger partial charge in [0.2, 0.25) is 58.6 Å². The van der Waals surface area contributed by atoms with Gasteiger partial charge in [0.1, 0.15) is 29.4 Å². The Bertz CT molecular complexity index is 5220. The molecule has 5 rings (SSSR count). The van der Waals surface area contributed by atoms with Crippen molar-refractivity contribution in [1.29, 1.82) is 0 Å². The van der Waals surface area contributed by atoms with E-state index < -0.39 is 258 Å². The van der Waals surface area contributed by atoms with E-state index in [0.717, 1.165) is 0 Å². The van der Waals surface area contributed by atoms with Gasteiger partial charge in [0.05, 0.1) is 116 Å². The SMILES string of the molecule is CC(=O)N[C@@H](CC(C)C)C(=O)N[C@H](C(=O)C(=O)[C@H](Cc1ccccc1)NN[C@]1(C)CCCCCCC=CCCC[C@@](C)(C(=O)CN[C@@H](C)C(=O)CNC(C)(C)C(=O)CC(=O)[C@H](C)NCCC(=O)[C@H](C)NCCC(=O)[C@H](C)NCN[C@H](C)C(N)=O)NC(=O)[C@H](CC(C)C)NN[C@@H](CCC(N)=O)C(=O)CN[C@@H](C)C(=O)CC(=O)[C@H](Cc2c[nH]c3ccccc23)NN[C@@H](Cc2ccc(O)cc2)C(=O)C(=O)[C@H](CCC(=O)O)NC1=O)[C@@H](C)O. The molecule has 0 unspecified atom stereocenters. The Morgan fingerprint density at radius 3 is 1.75 bits per heavy atom. The Morgan fingerprint density at radius 2 is 1.13 bits per heavy atom. The van der Waals surface area contributed by atoms with Gasteiger partial charge in [-0.15, -0.1) is 0 Å². The summed E-state index contributed by atoms with van der Waals surface area (Å²) < 4.78 is 0. The van der Waals surface area contributed by atoms with Crippen molar-refractivity contribution in [2.75, 3.05) is 39.4 Å². The maximum atomic E-state index is 15.6. The molecule has 0 bridgehead atoms. The van der Waals surface area contributed by atoms with Crippen LogP contribution in [0.3, 0.4) is 0 Å². The first kappa shape index (κ1) is 128. The van der Waals surface area contributed by atoms with Crippen LogP contribution in [0.5, 0.6) is 5.75 Å². The molecule has 4 aromatic rings. The number of aromatic hydroxyl groups is 1. The first-order valence-corrected chi connectivity index (χ1v) is 51.5. The number of hydrogen-bond donors (Lipinski definition) is 23. The third kappa shape index (κ3) is 45.1. The number of aromatic nitrogens is 1. The number of nitrogens with one attached hydrogen (secondary N) is 18. The molecule has 3 aromatic carbocycles. The van der Waals surface area contributed by atoms with Gasteiger partial charge in [-0.2, -0.15) is 0 Å². The van der Waals surface area contributed by atoms with E-state index >= 15 is 24.0 Å². The molecule has 43 heteroatoms. The van der Waals surface area contributed by atoms with E-state index in [-0.39, 0.29) is 126 Å². The monoisotopic (exact) mass is 2080 g/mol. The number of aliphatic hydroxyl groups is 1. The van der Waals surface area contributed by atoms with E-state index in [1.165, 1.54) is 79.7 Å². The largest absolute Gasteiger partial charge is 0.508 e. The zero-order chi connectivity index (χ0) is 111. The van der Waals surface area contributed by atoms with Gasteiger partial charge in [0, 0.05) is 69.5 Å². The molecular formula is C106H162N20O23. The Balaban J connectivity index is 1.49. The fourth-order valence-electron chi connectivity index (χ4n) is 16.4. The molecule has 824 valence electrons. The number of carbonyl (C=O) groups excluding carboxylic acids is 19. The van der Waals surface area contributed by atoms with Crippen molar-refractivity contribution in [2.45, 2.75) is 359 Å². The second-order valence-electron chi connectivity index (χ2n) is 40.8. The third-order valence-electron chi connectivity index (χ3n) is 26.5. The quantitative estimate of drug-likeness (QED) is 0.00978. The van der Waals surface area contributed by atoms with Gasteiger partial charge in [-0.3, -0.25) is 112 Å². The first-order valence-electron chi connectivity index (χ1n) is 51.5. The summed E-state index contributed by atoms with van der Waals surface area (Å²) in [5.74, 6) is -15.9. The minimum absolute atomic E-state index is 0.0258. The molecule has 6 amide bonds. The van der Waals surface area contributed by atoms with E-state index in [1.807, 2.05) is 26.0 Å². The molecule has 1 aliphatic heterocycles. The van der Waals surface area contributed by atoms with Gasteiger partial charge in [0.15, 0.2) is 52.0 Å². The molecule has 1 aromatic heterocycles. The number of phenolic OH excluding ortho intramolecular Hbond substituents is 1. The summed E-state index contributed by atoms with van der Waals surface area (Å²) in [4.78, 5) is 283. The van der Waals surface area contributed by atoms with Crippen LogP contribution in [0.2, 0.25) is 0 Å². The number of ketones is 13. The lowest BCUT2D eigenvalue weighted by Gasteiger charge is -2.34. The number of benzene rings is 3. The minimum Gasteiger partial charge on any atom is -0.508 e. The molecule has 2 heterocycles. The normalized spacial score (nSPS) is 21.5. The Morgan fingerprint density at radius 1 is 0.557 bits per heavy atom. The number of hydrazine groups is 3. The molecule has 1 aliphatic rings. The van der Waals surface area contributed by atoms with Crippen molar-refractivity contribution < 1.29 is 111 Å². The molecule has 0 spiro atoms. The number of H-pyrrole nitrogens is 1. The number of carboxylic acids is 1. The van der Waals surface area contributed by atoms with Crippen LogP contribution < -0.4 is 103 Å². The number of amides is 6. The topological polar surface area (TPSA) is 674 Å². The Hall–Kier alpha value is -11.8.